The van der Waals surface area contributed by atoms with Gasteiger partial charge in [-0.1, -0.05) is 0 Å². The molecule has 1 aromatic heterocycles. The number of hydrogen-bond acceptors (Lipinski definition) is 5. The van der Waals surface area contributed by atoms with Gasteiger partial charge >= 0.3 is 0 Å². The molecule has 120 valence electrons. The van der Waals surface area contributed by atoms with Gasteiger partial charge in [0.25, 0.3) is 5.92 Å². The second kappa shape index (κ2) is 5.23. The van der Waals surface area contributed by atoms with E-state index in [1.54, 1.807) is 0 Å². The van der Waals surface area contributed by atoms with Crippen LogP contribution >= 0.6 is 12.1 Å². The monoisotopic (exact) mass is 326 g/mol. The number of piperidine rings is 1. The number of nitrogens with zero attached hydrogens (tertiary/aromatic N) is 3. The summed E-state index contributed by atoms with van der Waals surface area (Å²) in [6, 6.07) is 4.11. The van der Waals surface area contributed by atoms with Crippen molar-refractivity contribution in [3.63, 3.8) is 0 Å². The minimum Gasteiger partial charge on any atom is -0.316 e. The summed E-state index contributed by atoms with van der Waals surface area (Å²) in [6.07, 6.45) is 2.35. The van der Waals surface area contributed by atoms with Gasteiger partial charge in [0, 0.05) is 44.1 Å². The lowest BCUT2D eigenvalue weighted by atomic mass is 9.95. The minimum absolute atomic E-state index is 0.0162. The Kier molecular flexibility index (Phi) is 3.45. The highest BCUT2D eigenvalue weighted by atomic mass is 32.2. The van der Waals surface area contributed by atoms with E-state index in [4.69, 9.17) is 4.98 Å². The molecule has 2 aliphatic heterocycles. The summed E-state index contributed by atoms with van der Waals surface area (Å²) in [5, 5.41) is 3.41. The number of aromatic nitrogens is 1. The van der Waals surface area contributed by atoms with E-state index >= 15 is 0 Å². The van der Waals surface area contributed by atoms with Gasteiger partial charge in [-0.25, -0.2) is 13.8 Å². The first kappa shape index (κ1) is 14.5. The van der Waals surface area contributed by atoms with E-state index in [2.05, 4.69) is 11.4 Å². The first-order valence-electron chi connectivity index (χ1n) is 7.83. The van der Waals surface area contributed by atoms with Crippen LogP contribution in [0.4, 0.5) is 20.3 Å². The van der Waals surface area contributed by atoms with E-state index in [-0.39, 0.29) is 6.42 Å². The highest BCUT2D eigenvalue weighted by molar-refractivity contribution is 8.02. The first-order valence-corrected chi connectivity index (χ1v) is 8.56. The number of nitrogens with one attached hydrogen (secondary N) is 1. The van der Waals surface area contributed by atoms with Crippen molar-refractivity contribution in [2.75, 3.05) is 35.3 Å². The Balaban J connectivity index is 1.54. The smallest absolute Gasteiger partial charge is 0.253 e. The molecule has 0 amide bonds. The minimum atomic E-state index is -2.47. The lowest BCUT2D eigenvalue weighted by molar-refractivity contribution is 0.101. The number of halogens is 2. The third-order valence-electron chi connectivity index (χ3n) is 4.72. The van der Waals surface area contributed by atoms with Crippen LogP contribution < -0.4 is 13.9 Å². The fourth-order valence-corrected chi connectivity index (χ4v) is 4.23. The second-order valence-corrected chi connectivity index (χ2v) is 7.58. The molecule has 0 radical (unpaired) electrons. The van der Waals surface area contributed by atoms with Gasteiger partial charge in [0.2, 0.25) is 0 Å². The standard InChI is InChI=1S/C15H20F2N4S/c1-20-14-13(21(22-20)9-11-7-15(11,16)17)5-4-12(19-14)10-3-2-6-18-8-10/h4-5,10-11,18H,2-3,6-9H2,1H3. The summed E-state index contributed by atoms with van der Waals surface area (Å²) in [5.41, 5.74) is 2.07. The maximum atomic E-state index is 13.2. The third-order valence-corrected chi connectivity index (χ3v) is 5.68. The first-order chi connectivity index (χ1) is 10.5. The SMILES string of the molecule is CN1SN(CC2CC2(F)F)c2ccc(C3CCCNC3)nc21. The van der Waals surface area contributed by atoms with E-state index in [9.17, 15) is 8.78 Å². The fourth-order valence-electron chi connectivity index (χ4n) is 3.24. The van der Waals surface area contributed by atoms with Crippen LogP contribution in [0.1, 0.15) is 30.9 Å². The lowest BCUT2D eigenvalue weighted by Gasteiger charge is -2.23. The molecule has 0 bridgehead atoms. The van der Waals surface area contributed by atoms with Crippen LogP contribution in [-0.4, -0.2) is 37.6 Å². The van der Waals surface area contributed by atoms with Crippen LogP contribution in [0.3, 0.4) is 0 Å². The largest absolute Gasteiger partial charge is 0.316 e. The average molecular weight is 326 g/mol. The number of hydrogen-bond donors (Lipinski definition) is 1. The van der Waals surface area contributed by atoms with Crippen LogP contribution in [0.2, 0.25) is 0 Å². The molecule has 22 heavy (non-hydrogen) atoms. The summed E-state index contributed by atoms with van der Waals surface area (Å²) < 4.78 is 30.3. The molecule has 4 nitrogen and oxygen atoms in total. The molecule has 4 rings (SSSR count). The summed E-state index contributed by atoms with van der Waals surface area (Å²) >= 11 is 1.47. The predicted octanol–water partition coefficient (Wildman–Crippen LogP) is 3.02. The highest BCUT2D eigenvalue weighted by Crippen LogP contribution is 2.52. The van der Waals surface area contributed by atoms with Crippen LogP contribution in [0.5, 0.6) is 0 Å². The fraction of sp³-hybridized carbons (Fsp3) is 0.667. The van der Waals surface area contributed by atoms with E-state index in [1.165, 1.54) is 18.6 Å². The van der Waals surface area contributed by atoms with Gasteiger partial charge in [0.15, 0.2) is 5.82 Å². The summed E-state index contributed by atoms with van der Waals surface area (Å²) in [5.74, 6) is -1.62. The third kappa shape index (κ3) is 2.54. The van der Waals surface area contributed by atoms with Crippen molar-refractivity contribution in [2.45, 2.75) is 31.1 Å². The number of anilines is 2. The zero-order valence-electron chi connectivity index (χ0n) is 12.6. The molecule has 1 saturated carbocycles. The summed E-state index contributed by atoms with van der Waals surface area (Å²) in [6.45, 7) is 2.45. The number of fused-ring (bicyclic) bond motifs is 1. The van der Waals surface area contributed by atoms with Crippen molar-refractivity contribution < 1.29 is 8.78 Å². The Bertz CT molecular complexity index is 577. The maximum absolute atomic E-state index is 13.2. The topological polar surface area (TPSA) is 31.4 Å². The Morgan fingerprint density at radius 2 is 2.27 bits per heavy atom. The van der Waals surface area contributed by atoms with Crippen LogP contribution in [0, 0.1) is 5.92 Å². The van der Waals surface area contributed by atoms with Crippen molar-refractivity contribution >= 4 is 23.6 Å². The Morgan fingerprint density at radius 3 is 2.95 bits per heavy atom. The zero-order valence-corrected chi connectivity index (χ0v) is 13.4. The maximum Gasteiger partial charge on any atom is 0.253 e. The Morgan fingerprint density at radius 1 is 1.45 bits per heavy atom. The van der Waals surface area contributed by atoms with Crippen LogP contribution in [0.25, 0.3) is 0 Å². The van der Waals surface area contributed by atoms with Gasteiger partial charge in [-0.15, -0.1) is 0 Å². The second-order valence-electron chi connectivity index (χ2n) is 6.42. The molecule has 1 saturated heterocycles. The lowest BCUT2D eigenvalue weighted by Crippen LogP contribution is -2.28. The van der Waals surface area contributed by atoms with Gasteiger partial charge in [0.05, 0.1) is 17.8 Å². The van der Waals surface area contributed by atoms with Crippen molar-refractivity contribution in [3.8, 4) is 0 Å². The van der Waals surface area contributed by atoms with Crippen LogP contribution in [0.15, 0.2) is 12.1 Å². The van der Waals surface area contributed by atoms with Crippen molar-refractivity contribution in [2.24, 2.45) is 5.92 Å². The van der Waals surface area contributed by atoms with Gasteiger partial charge in [-0.2, -0.15) is 0 Å². The van der Waals surface area contributed by atoms with Crippen molar-refractivity contribution in [1.29, 1.82) is 0 Å². The molecule has 2 unspecified atom stereocenters. The molecule has 3 heterocycles. The molecule has 2 atom stereocenters. The van der Waals surface area contributed by atoms with E-state index in [0.29, 0.717) is 12.5 Å². The Labute approximate surface area is 133 Å². The van der Waals surface area contributed by atoms with E-state index < -0.39 is 11.8 Å². The highest BCUT2D eigenvalue weighted by Gasteiger charge is 2.57. The molecule has 2 fully saturated rings. The van der Waals surface area contributed by atoms with Crippen molar-refractivity contribution in [1.82, 2.24) is 10.3 Å². The number of alkyl halides is 2. The molecule has 1 N–H and O–H groups in total. The van der Waals surface area contributed by atoms with Crippen LogP contribution in [-0.2, 0) is 0 Å². The van der Waals surface area contributed by atoms with Gasteiger partial charge in [-0.3, -0.25) is 8.61 Å². The average Bonchev–Trinajstić information content (AvgIpc) is 3.00. The van der Waals surface area contributed by atoms with Crippen molar-refractivity contribution in [3.05, 3.63) is 17.8 Å². The molecular weight excluding hydrogens is 306 g/mol. The number of pyridine rings is 1. The number of rotatable bonds is 3. The molecule has 3 aliphatic rings. The molecule has 1 aromatic rings. The Hall–Kier alpha value is -1.08. The molecule has 7 heteroatoms. The van der Waals surface area contributed by atoms with Gasteiger partial charge in [-0.05, 0) is 31.5 Å². The molecule has 0 spiro atoms. The zero-order chi connectivity index (χ0) is 15.3. The van der Waals surface area contributed by atoms with E-state index in [0.717, 1.165) is 36.7 Å². The molecule has 1 aliphatic carbocycles. The normalized spacial score (nSPS) is 29.6. The molecule has 0 aromatic carbocycles. The molecular formula is C15H20F2N4S. The van der Waals surface area contributed by atoms with Gasteiger partial charge < -0.3 is 5.32 Å². The summed E-state index contributed by atoms with van der Waals surface area (Å²) in [4.78, 5) is 4.81. The van der Waals surface area contributed by atoms with E-state index in [1.807, 2.05) is 21.7 Å². The summed E-state index contributed by atoms with van der Waals surface area (Å²) in [7, 11) is 1.95. The predicted molar refractivity (Wildman–Crippen MR) is 85.5 cm³/mol. The quantitative estimate of drug-likeness (QED) is 0.863. The van der Waals surface area contributed by atoms with Gasteiger partial charge in [0.1, 0.15) is 0 Å².